The second-order valence-corrected chi connectivity index (χ2v) is 6.02. The molecule has 0 aromatic rings. The van der Waals surface area contributed by atoms with Crippen molar-refractivity contribution >= 4 is 0 Å². The molecule has 0 aromatic carbocycles. The Morgan fingerprint density at radius 2 is 1.61 bits per heavy atom. The molecule has 2 nitrogen and oxygen atoms in total. The molecule has 18 heavy (non-hydrogen) atoms. The Morgan fingerprint density at radius 3 is 2.00 bits per heavy atom. The lowest BCUT2D eigenvalue weighted by Crippen LogP contribution is -2.61. The highest BCUT2D eigenvalue weighted by atomic mass is 15.2. The second kappa shape index (κ2) is 7.49. The van der Waals surface area contributed by atoms with Gasteiger partial charge in [-0.15, -0.1) is 0 Å². The summed E-state index contributed by atoms with van der Waals surface area (Å²) in [5.41, 5.74) is 0.337. The maximum absolute atomic E-state index is 3.81. The van der Waals surface area contributed by atoms with Crippen molar-refractivity contribution in [3.63, 3.8) is 0 Å². The molecule has 0 spiro atoms. The van der Waals surface area contributed by atoms with Gasteiger partial charge in [0.2, 0.25) is 0 Å². The number of rotatable bonds is 8. The van der Waals surface area contributed by atoms with Crippen molar-refractivity contribution in [3.05, 3.63) is 0 Å². The molecule has 2 heteroatoms. The van der Waals surface area contributed by atoms with Crippen LogP contribution in [0.1, 0.15) is 66.7 Å². The molecular formula is C16H34N2. The largest absolute Gasteiger partial charge is 0.312 e. The van der Waals surface area contributed by atoms with E-state index in [9.17, 15) is 0 Å². The van der Waals surface area contributed by atoms with Crippen molar-refractivity contribution in [1.82, 2.24) is 10.2 Å². The highest BCUT2D eigenvalue weighted by Gasteiger charge is 2.41. The Morgan fingerprint density at radius 1 is 1.06 bits per heavy atom. The minimum Gasteiger partial charge on any atom is -0.312 e. The molecule has 0 aliphatic carbocycles. The van der Waals surface area contributed by atoms with Gasteiger partial charge < -0.3 is 5.32 Å². The van der Waals surface area contributed by atoms with Gasteiger partial charge in [0.15, 0.2) is 0 Å². The SMILES string of the molecule is CCNC(C(CC)CC)C(C)(CC)N1CCCC1. The molecule has 2 atom stereocenters. The maximum atomic E-state index is 3.81. The third-order valence-corrected chi connectivity index (χ3v) is 5.16. The number of hydrogen-bond donors (Lipinski definition) is 1. The summed E-state index contributed by atoms with van der Waals surface area (Å²) >= 11 is 0. The predicted molar refractivity (Wildman–Crippen MR) is 81.0 cm³/mol. The molecule has 1 saturated heterocycles. The molecular weight excluding hydrogens is 220 g/mol. The second-order valence-electron chi connectivity index (χ2n) is 6.02. The number of nitrogens with one attached hydrogen (secondary N) is 1. The normalized spacial score (nSPS) is 22.3. The van der Waals surface area contributed by atoms with Gasteiger partial charge in [0.25, 0.3) is 0 Å². The van der Waals surface area contributed by atoms with Crippen LogP contribution in [0.4, 0.5) is 0 Å². The molecule has 0 aromatic heterocycles. The topological polar surface area (TPSA) is 15.3 Å². The fourth-order valence-corrected chi connectivity index (χ4v) is 3.74. The molecule has 0 saturated carbocycles. The average Bonchev–Trinajstić information content (AvgIpc) is 2.92. The third-order valence-electron chi connectivity index (χ3n) is 5.16. The Labute approximate surface area is 115 Å². The summed E-state index contributed by atoms with van der Waals surface area (Å²) in [5.74, 6) is 0.801. The first-order valence-corrected chi connectivity index (χ1v) is 8.12. The standard InChI is InChI=1S/C16H34N2/c1-6-14(7-2)15(17-9-4)16(5,8-3)18-12-10-11-13-18/h14-15,17H,6-13H2,1-5H3. The first-order chi connectivity index (χ1) is 8.63. The summed E-state index contributed by atoms with van der Waals surface area (Å²) < 4.78 is 0. The Hall–Kier alpha value is -0.0800. The van der Waals surface area contributed by atoms with Crippen LogP contribution in [0.5, 0.6) is 0 Å². The van der Waals surface area contributed by atoms with Crippen LogP contribution < -0.4 is 5.32 Å². The summed E-state index contributed by atoms with van der Waals surface area (Å²) in [4.78, 5) is 2.75. The van der Waals surface area contributed by atoms with Gasteiger partial charge in [0.05, 0.1) is 0 Å². The van der Waals surface area contributed by atoms with Crippen LogP contribution in [0, 0.1) is 5.92 Å². The van der Waals surface area contributed by atoms with E-state index in [0.717, 1.165) is 12.5 Å². The molecule has 0 amide bonds. The molecule has 0 radical (unpaired) electrons. The zero-order chi connectivity index (χ0) is 13.6. The summed E-state index contributed by atoms with van der Waals surface area (Å²) in [7, 11) is 0. The lowest BCUT2D eigenvalue weighted by molar-refractivity contribution is 0.0554. The molecule has 1 aliphatic rings. The van der Waals surface area contributed by atoms with Crippen molar-refractivity contribution in [2.24, 2.45) is 5.92 Å². The molecule has 1 rings (SSSR count). The van der Waals surface area contributed by atoms with Gasteiger partial charge in [-0.2, -0.15) is 0 Å². The van der Waals surface area contributed by atoms with E-state index < -0.39 is 0 Å². The summed E-state index contributed by atoms with van der Waals surface area (Å²) in [6.45, 7) is 15.5. The highest BCUT2D eigenvalue weighted by molar-refractivity contribution is 5.00. The maximum Gasteiger partial charge on any atom is 0.0334 e. The number of nitrogens with zero attached hydrogens (tertiary/aromatic N) is 1. The lowest BCUT2D eigenvalue weighted by Gasteiger charge is -2.48. The van der Waals surface area contributed by atoms with Gasteiger partial charge in [0.1, 0.15) is 0 Å². The van der Waals surface area contributed by atoms with E-state index in [1.54, 1.807) is 0 Å². The Bertz CT molecular complexity index is 219. The number of likely N-dealkylation sites (N-methyl/N-ethyl adjacent to an activating group) is 1. The first-order valence-electron chi connectivity index (χ1n) is 8.12. The summed E-state index contributed by atoms with van der Waals surface area (Å²) in [6, 6.07) is 0.639. The van der Waals surface area contributed by atoms with Gasteiger partial charge in [0, 0.05) is 11.6 Å². The average molecular weight is 254 g/mol. The first kappa shape index (κ1) is 16.0. The third kappa shape index (κ3) is 3.27. The number of likely N-dealkylation sites (tertiary alicyclic amines) is 1. The number of hydrogen-bond acceptors (Lipinski definition) is 2. The Kier molecular flexibility index (Phi) is 6.65. The lowest BCUT2D eigenvalue weighted by atomic mass is 9.77. The van der Waals surface area contributed by atoms with Crippen molar-refractivity contribution in [2.75, 3.05) is 19.6 Å². The van der Waals surface area contributed by atoms with E-state index in [-0.39, 0.29) is 0 Å². The molecule has 2 unspecified atom stereocenters. The molecule has 0 bridgehead atoms. The monoisotopic (exact) mass is 254 g/mol. The Balaban J connectivity index is 2.90. The van der Waals surface area contributed by atoms with Crippen molar-refractivity contribution in [1.29, 1.82) is 0 Å². The zero-order valence-corrected chi connectivity index (χ0v) is 13.3. The highest BCUT2D eigenvalue weighted by Crippen LogP contribution is 2.33. The molecule has 1 fully saturated rings. The minimum absolute atomic E-state index is 0.337. The van der Waals surface area contributed by atoms with Gasteiger partial charge in [-0.3, -0.25) is 4.90 Å². The van der Waals surface area contributed by atoms with Gasteiger partial charge in [-0.1, -0.05) is 40.5 Å². The van der Waals surface area contributed by atoms with Gasteiger partial charge in [-0.25, -0.2) is 0 Å². The van der Waals surface area contributed by atoms with Crippen LogP contribution in [0.3, 0.4) is 0 Å². The minimum atomic E-state index is 0.337. The van der Waals surface area contributed by atoms with Crippen LogP contribution in [0.2, 0.25) is 0 Å². The van der Waals surface area contributed by atoms with E-state index in [1.165, 1.54) is 45.2 Å². The van der Waals surface area contributed by atoms with E-state index in [2.05, 4.69) is 44.8 Å². The van der Waals surface area contributed by atoms with Crippen molar-refractivity contribution in [2.45, 2.75) is 78.3 Å². The van der Waals surface area contributed by atoms with Crippen LogP contribution >= 0.6 is 0 Å². The van der Waals surface area contributed by atoms with Crippen LogP contribution in [-0.2, 0) is 0 Å². The molecule has 108 valence electrons. The van der Waals surface area contributed by atoms with Gasteiger partial charge in [-0.05, 0) is 51.7 Å². The van der Waals surface area contributed by atoms with E-state index >= 15 is 0 Å². The molecule has 1 heterocycles. The fraction of sp³-hybridized carbons (Fsp3) is 1.00. The molecule has 1 N–H and O–H groups in total. The molecule has 1 aliphatic heterocycles. The van der Waals surface area contributed by atoms with E-state index in [4.69, 9.17) is 0 Å². The fourth-order valence-electron chi connectivity index (χ4n) is 3.74. The van der Waals surface area contributed by atoms with Crippen LogP contribution in [0.25, 0.3) is 0 Å². The van der Waals surface area contributed by atoms with Gasteiger partial charge >= 0.3 is 0 Å². The summed E-state index contributed by atoms with van der Waals surface area (Å²) in [5, 5.41) is 3.81. The van der Waals surface area contributed by atoms with Crippen LogP contribution in [0.15, 0.2) is 0 Å². The summed E-state index contributed by atoms with van der Waals surface area (Å²) in [6.07, 6.45) is 6.60. The smallest absolute Gasteiger partial charge is 0.0334 e. The van der Waals surface area contributed by atoms with E-state index in [0.29, 0.717) is 11.6 Å². The van der Waals surface area contributed by atoms with Crippen molar-refractivity contribution < 1.29 is 0 Å². The zero-order valence-electron chi connectivity index (χ0n) is 13.3. The predicted octanol–water partition coefficient (Wildman–Crippen LogP) is 3.67. The van der Waals surface area contributed by atoms with E-state index in [1.807, 2.05) is 0 Å². The quantitative estimate of drug-likeness (QED) is 0.711. The van der Waals surface area contributed by atoms with Crippen molar-refractivity contribution in [3.8, 4) is 0 Å². The van der Waals surface area contributed by atoms with Crippen LogP contribution in [-0.4, -0.2) is 36.1 Å².